The molecule has 15 heavy (non-hydrogen) atoms. The molecule has 0 saturated heterocycles. The molecule has 0 heterocycles. The second-order valence-electron chi connectivity index (χ2n) is 3.53. The Bertz CT molecular complexity index is 492. The van der Waals surface area contributed by atoms with Crippen molar-refractivity contribution in [2.75, 3.05) is 5.73 Å². The van der Waals surface area contributed by atoms with Crippen LogP contribution in [0.3, 0.4) is 0 Å². The highest BCUT2D eigenvalue weighted by Gasteiger charge is 2.04. The Balaban J connectivity index is 2.59. The lowest BCUT2D eigenvalue weighted by Gasteiger charge is -2.08. The van der Waals surface area contributed by atoms with Crippen LogP contribution in [-0.2, 0) is 0 Å². The molecule has 0 amide bonds. The molecule has 2 N–H and O–H groups in total. The second-order valence-corrected chi connectivity index (χ2v) is 3.53. The quantitative estimate of drug-likeness (QED) is 0.703. The van der Waals surface area contributed by atoms with Gasteiger partial charge in [-0.1, -0.05) is 24.3 Å². The topological polar surface area (TPSA) is 26.0 Å². The van der Waals surface area contributed by atoms with E-state index in [0.29, 0.717) is 0 Å². The highest BCUT2D eigenvalue weighted by Crippen LogP contribution is 2.27. The van der Waals surface area contributed by atoms with Gasteiger partial charge < -0.3 is 5.73 Å². The Morgan fingerprint density at radius 1 is 1.07 bits per heavy atom. The van der Waals surface area contributed by atoms with Crippen LogP contribution in [0.5, 0.6) is 0 Å². The fourth-order valence-corrected chi connectivity index (χ4v) is 1.62. The van der Waals surface area contributed by atoms with Gasteiger partial charge in [-0.3, -0.25) is 0 Å². The average molecular weight is 201 g/mol. The number of anilines is 1. The van der Waals surface area contributed by atoms with Gasteiger partial charge in [0.2, 0.25) is 0 Å². The standard InChI is InChI=1S/C13H12FN/c1-9-12(6-3-7-13(9)15)10-4-2-5-11(14)8-10/h2-8H,15H2,1H3. The van der Waals surface area contributed by atoms with Crippen molar-refractivity contribution < 1.29 is 4.39 Å². The Kier molecular flexibility index (Phi) is 2.42. The number of hydrogen-bond donors (Lipinski definition) is 1. The molecule has 0 atom stereocenters. The second kappa shape index (κ2) is 3.73. The van der Waals surface area contributed by atoms with Crippen LogP contribution >= 0.6 is 0 Å². The van der Waals surface area contributed by atoms with E-state index in [9.17, 15) is 4.39 Å². The van der Waals surface area contributed by atoms with Crippen molar-refractivity contribution in [3.8, 4) is 11.1 Å². The summed E-state index contributed by atoms with van der Waals surface area (Å²) in [5.74, 6) is -0.227. The summed E-state index contributed by atoms with van der Waals surface area (Å²) in [6, 6.07) is 12.2. The highest BCUT2D eigenvalue weighted by atomic mass is 19.1. The summed E-state index contributed by atoms with van der Waals surface area (Å²) < 4.78 is 13.1. The van der Waals surface area contributed by atoms with Gasteiger partial charge in [0.25, 0.3) is 0 Å². The van der Waals surface area contributed by atoms with Crippen LogP contribution in [0.1, 0.15) is 5.56 Å². The van der Waals surface area contributed by atoms with Gasteiger partial charge in [-0.05, 0) is 41.8 Å². The molecule has 2 heteroatoms. The summed E-state index contributed by atoms with van der Waals surface area (Å²) in [5.41, 5.74) is 9.37. The van der Waals surface area contributed by atoms with E-state index in [4.69, 9.17) is 5.73 Å². The number of benzene rings is 2. The van der Waals surface area contributed by atoms with Gasteiger partial charge in [0.05, 0.1) is 0 Å². The van der Waals surface area contributed by atoms with Crippen molar-refractivity contribution in [3.05, 3.63) is 53.8 Å². The first-order valence-corrected chi connectivity index (χ1v) is 4.79. The largest absolute Gasteiger partial charge is 0.398 e. The lowest BCUT2D eigenvalue weighted by molar-refractivity contribution is 0.628. The van der Waals surface area contributed by atoms with E-state index in [2.05, 4.69) is 0 Å². The zero-order valence-electron chi connectivity index (χ0n) is 8.50. The predicted molar refractivity (Wildman–Crippen MR) is 61.0 cm³/mol. The zero-order chi connectivity index (χ0) is 10.8. The Hall–Kier alpha value is -1.83. The van der Waals surface area contributed by atoms with Gasteiger partial charge >= 0.3 is 0 Å². The summed E-state index contributed by atoms with van der Waals surface area (Å²) in [5, 5.41) is 0. The molecule has 76 valence electrons. The van der Waals surface area contributed by atoms with E-state index in [1.165, 1.54) is 12.1 Å². The first-order valence-electron chi connectivity index (χ1n) is 4.79. The average Bonchev–Trinajstić information content (AvgIpc) is 2.22. The fourth-order valence-electron chi connectivity index (χ4n) is 1.62. The summed E-state index contributed by atoms with van der Waals surface area (Å²) in [4.78, 5) is 0. The molecule has 0 radical (unpaired) electrons. The van der Waals surface area contributed by atoms with Crippen LogP contribution in [0.15, 0.2) is 42.5 Å². The van der Waals surface area contributed by atoms with E-state index in [1.807, 2.05) is 31.2 Å². The van der Waals surface area contributed by atoms with Crippen LogP contribution in [0.25, 0.3) is 11.1 Å². The third-order valence-corrected chi connectivity index (χ3v) is 2.51. The van der Waals surface area contributed by atoms with Crippen molar-refractivity contribution in [3.63, 3.8) is 0 Å². The number of nitrogens with two attached hydrogens (primary N) is 1. The van der Waals surface area contributed by atoms with Gasteiger partial charge in [-0.25, -0.2) is 4.39 Å². The van der Waals surface area contributed by atoms with Gasteiger partial charge in [-0.2, -0.15) is 0 Å². The van der Waals surface area contributed by atoms with E-state index in [1.54, 1.807) is 6.07 Å². The molecular formula is C13H12FN. The molecular weight excluding hydrogens is 189 g/mol. The van der Waals surface area contributed by atoms with Gasteiger partial charge in [0, 0.05) is 5.69 Å². The SMILES string of the molecule is Cc1c(N)cccc1-c1cccc(F)c1. The predicted octanol–water partition coefficient (Wildman–Crippen LogP) is 3.38. The molecule has 0 aliphatic carbocycles. The van der Waals surface area contributed by atoms with Crippen LogP contribution < -0.4 is 5.73 Å². The molecule has 0 aliphatic heterocycles. The van der Waals surface area contributed by atoms with Crippen LogP contribution in [0, 0.1) is 12.7 Å². The van der Waals surface area contributed by atoms with Crippen LogP contribution in [0.2, 0.25) is 0 Å². The first-order chi connectivity index (χ1) is 7.18. The first kappa shape index (κ1) is 9.71. The minimum atomic E-state index is -0.227. The molecule has 0 saturated carbocycles. The number of rotatable bonds is 1. The lowest BCUT2D eigenvalue weighted by atomic mass is 9.99. The highest BCUT2D eigenvalue weighted by molar-refractivity contribution is 5.72. The van der Waals surface area contributed by atoms with Crippen molar-refractivity contribution in [2.45, 2.75) is 6.92 Å². The van der Waals surface area contributed by atoms with Gasteiger partial charge in [0.15, 0.2) is 0 Å². The Morgan fingerprint density at radius 3 is 2.53 bits per heavy atom. The van der Waals surface area contributed by atoms with Crippen LogP contribution in [-0.4, -0.2) is 0 Å². The molecule has 0 aliphatic rings. The molecule has 2 rings (SSSR count). The maximum atomic E-state index is 13.1. The summed E-state index contributed by atoms with van der Waals surface area (Å²) in [6.45, 7) is 1.94. The van der Waals surface area contributed by atoms with Crippen molar-refractivity contribution in [1.82, 2.24) is 0 Å². The fraction of sp³-hybridized carbons (Fsp3) is 0.0769. The maximum Gasteiger partial charge on any atom is 0.123 e. The van der Waals surface area contributed by atoms with Gasteiger partial charge in [0.1, 0.15) is 5.82 Å². The Morgan fingerprint density at radius 2 is 1.80 bits per heavy atom. The number of nitrogen functional groups attached to an aromatic ring is 1. The molecule has 0 spiro atoms. The third kappa shape index (κ3) is 1.84. The molecule has 0 fully saturated rings. The monoisotopic (exact) mass is 201 g/mol. The van der Waals surface area contributed by atoms with E-state index >= 15 is 0 Å². The molecule has 2 aromatic rings. The molecule has 0 aromatic heterocycles. The minimum absolute atomic E-state index is 0.227. The Labute approximate surface area is 88.4 Å². The minimum Gasteiger partial charge on any atom is -0.398 e. The number of hydrogen-bond acceptors (Lipinski definition) is 1. The van der Waals surface area contributed by atoms with Crippen molar-refractivity contribution >= 4 is 5.69 Å². The summed E-state index contributed by atoms with van der Waals surface area (Å²) in [6.07, 6.45) is 0. The molecule has 0 bridgehead atoms. The van der Waals surface area contributed by atoms with Gasteiger partial charge in [-0.15, -0.1) is 0 Å². The zero-order valence-corrected chi connectivity index (χ0v) is 8.50. The maximum absolute atomic E-state index is 13.1. The number of halogens is 1. The molecule has 0 unspecified atom stereocenters. The summed E-state index contributed by atoms with van der Waals surface area (Å²) >= 11 is 0. The third-order valence-electron chi connectivity index (χ3n) is 2.51. The molecule has 2 aromatic carbocycles. The van der Waals surface area contributed by atoms with Crippen molar-refractivity contribution in [1.29, 1.82) is 0 Å². The van der Waals surface area contributed by atoms with E-state index in [-0.39, 0.29) is 5.82 Å². The smallest absolute Gasteiger partial charge is 0.123 e. The van der Waals surface area contributed by atoms with E-state index in [0.717, 1.165) is 22.4 Å². The van der Waals surface area contributed by atoms with Crippen LogP contribution in [0.4, 0.5) is 10.1 Å². The van der Waals surface area contributed by atoms with Crippen molar-refractivity contribution in [2.24, 2.45) is 0 Å². The van der Waals surface area contributed by atoms with E-state index < -0.39 is 0 Å². The lowest BCUT2D eigenvalue weighted by Crippen LogP contribution is -1.92. The summed E-state index contributed by atoms with van der Waals surface area (Å²) in [7, 11) is 0. The normalized spacial score (nSPS) is 10.3. The molecule has 1 nitrogen and oxygen atoms in total.